The predicted octanol–water partition coefficient (Wildman–Crippen LogP) is 1.45. The molecule has 2 amide bonds. The highest BCUT2D eigenvalue weighted by molar-refractivity contribution is 7.18. The number of amides is 2. The van der Waals surface area contributed by atoms with Crippen molar-refractivity contribution < 1.29 is 14.3 Å². The van der Waals surface area contributed by atoms with Crippen LogP contribution in [0.25, 0.3) is 0 Å². The molecule has 0 N–H and O–H groups in total. The molecule has 5 heteroatoms. The standard InChI is InChI=1S/C12H14NO3P/c14-11(8-17)13-10(7-16-12(13)15)6-9-4-2-1-3-5-9/h1-5,10H,6-8,17H2/t10-/m1/s1. The summed E-state index contributed by atoms with van der Waals surface area (Å²) in [7, 11) is 2.33. The van der Waals surface area contributed by atoms with E-state index in [1.54, 1.807) is 0 Å². The van der Waals surface area contributed by atoms with Crippen LogP contribution >= 0.6 is 9.24 Å². The first-order valence-corrected chi connectivity index (χ1v) is 6.27. The van der Waals surface area contributed by atoms with Gasteiger partial charge in [0.1, 0.15) is 6.61 Å². The SMILES string of the molecule is O=C(CP)N1C(=O)OC[C@H]1Cc1ccccc1. The zero-order chi connectivity index (χ0) is 12.3. The summed E-state index contributed by atoms with van der Waals surface area (Å²) in [5.41, 5.74) is 1.09. The van der Waals surface area contributed by atoms with E-state index in [0.29, 0.717) is 6.42 Å². The molecule has 1 saturated heterocycles. The maximum absolute atomic E-state index is 11.6. The number of carbonyl (C=O) groups excluding carboxylic acids is 2. The van der Waals surface area contributed by atoms with Crippen molar-refractivity contribution in [2.24, 2.45) is 0 Å². The van der Waals surface area contributed by atoms with E-state index in [9.17, 15) is 9.59 Å². The number of ether oxygens (including phenoxy) is 1. The van der Waals surface area contributed by atoms with Gasteiger partial charge in [0.05, 0.1) is 6.04 Å². The molecular formula is C12H14NO3P. The van der Waals surface area contributed by atoms with Crippen LogP contribution in [0, 0.1) is 0 Å². The fourth-order valence-electron chi connectivity index (χ4n) is 1.90. The Kier molecular flexibility index (Phi) is 3.75. The van der Waals surface area contributed by atoms with Crippen LogP contribution in [0.1, 0.15) is 5.56 Å². The van der Waals surface area contributed by atoms with Crippen LogP contribution < -0.4 is 0 Å². The summed E-state index contributed by atoms with van der Waals surface area (Å²) in [6, 6.07) is 9.59. The first-order chi connectivity index (χ1) is 8.22. The van der Waals surface area contributed by atoms with Gasteiger partial charge in [0.2, 0.25) is 5.91 Å². The lowest BCUT2D eigenvalue weighted by Crippen LogP contribution is -2.40. The summed E-state index contributed by atoms with van der Waals surface area (Å²) in [5, 5.41) is 0. The van der Waals surface area contributed by atoms with Crippen LogP contribution in [0.3, 0.4) is 0 Å². The lowest BCUT2D eigenvalue weighted by atomic mass is 10.1. The molecule has 4 nitrogen and oxygen atoms in total. The van der Waals surface area contributed by atoms with Gasteiger partial charge >= 0.3 is 6.09 Å². The van der Waals surface area contributed by atoms with Crippen LogP contribution in [0.5, 0.6) is 0 Å². The number of carbonyl (C=O) groups is 2. The Labute approximate surface area is 102 Å². The van der Waals surface area contributed by atoms with Gasteiger partial charge in [0, 0.05) is 6.16 Å². The summed E-state index contributed by atoms with van der Waals surface area (Å²) >= 11 is 0. The molecule has 0 spiro atoms. The van der Waals surface area contributed by atoms with Gasteiger partial charge < -0.3 is 4.74 Å². The largest absolute Gasteiger partial charge is 0.447 e. The van der Waals surface area contributed by atoms with E-state index in [1.807, 2.05) is 30.3 Å². The maximum atomic E-state index is 11.6. The number of nitrogens with zero attached hydrogens (tertiary/aromatic N) is 1. The molecule has 0 radical (unpaired) electrons. The van der Waals surface area contributed by atoms with Gasteiger partial charge in [0.15, 0.2) is 0 Å². The third kappa shape index (κ3) is 2.64. The van der Waals surface area contributed by atoms with Crippen molar-refractivity contribution >= 4 is 21.2 Å². The summed E-state index contributed by atoms with van der Waals surface area (Å²) in [4.78, 5) is 24.3. The van der Waals surface area contributed by atoms with Crippen LogP contribution in [0.15, 0.2) is 30.3 Å². The molecule has 1 aromatic carbocycles. The Hall–Kier alpha value is -1.41. The molecule has 90 valence electrons. The third-order valence-electron chi connectivity index (χ3n) is 2.72. The number of benzene rings is 1. The number of cyclic esters (lactones) is 1. The first-order valence-electron chi connectivity index (χ1n) is 5.45. The van der Waals surface area contributed by atoms with E-state index in [0.717, 1.165) is 5.56 Å². The van der Waals surface area contributed by atoms with Crippen molar-refractivity contribution in [1.29, 1.82) is 0 Å². The lowest BCUT2D eigenvalue weighted by molar-refractivity contribution is -0.126. The van der Waals surface area contributed by atoms with Crippen molar-refractivity contribution in [2.45, 2.75) is 12.5 Å². The molecular weight excluding hydrogens is 237 g/mol. The molecule has 17 heavy (non-hydrogen) atoms. The molecule has 1 unspecified atom stereocenters. The second kappa shape index (κ2) is 5.28. The monoisotopic (exact) mass is 251 g/mol. The molecule has 1 fully saturated rings. The van der Waals surface area contributed by atoms with E-state index in [1.165, 1.54) is 4.90 Å². The lowest BCUT2D eigenvalue weighted by Gasteiger charge is -2.18. The second-order valence-corrected chi connectivity index (χ2v) is 4.30. The molecule has 1 heterocycles. The molecule has 1 aliphatic heterocycles. The number of rotatable bonds is 3. The highest BCUT2D eigenvalue weighted by Gasteiger charge is 2.36. The summed E-state index contributed by atoms with van der Waals surface area (Å²) in [5.74, 6) is -0.210. The molecule has 0 saturated carbocycles. The molecule has 0 aromatic heterocycles. The smallest absolute Gasteiger partial charge is 0.416 e. The summed E-state index contributed by atoms with van der Waals surface area (Å²) < 4.78 is 4.93. The Morgan fingerprint density at radius 3 is 2.76 bits per heavy atom. The van der Waals surface area contributed by atoms with Crippen molar-refractivity contribution in [2.75, 3.05) is 12.8 Å². The van der Waals surface area contributed by atoms with Gasteiger partial charge in [-0.05, 0) is 12.0 Å². The Morgan fingerprint density at radius 1 is 1.41 bits per heavy atom. The van der Waals surface area contributed by atoms with Crippen molar-refractivity contribution in [3.05, 3.63) is 35.9 Å². The van der Waals surface area contributed by atoms with Crippen LogP contribution in [-0.4, -0.2) is 35.7 Å². The van der Waals surface area contributed by atoms with E-state index >= 15 is 0 Å². The van der Waals surface area contributed by atoms with Gasteiger partial charge in [-0.15, -0.1) is 9.24 Å². The van der Waals surface area contributed by atoms with Gasteiger partial charge in [-0.25, -0.2) is 9.69 Å². The van der Waals surface area contributed by atoms with Crippen LogP contribution in [0.4, 0.5) is 4.79 Å². The summed E-state index contributed by atoms with van der Waals surface area (Å²) in [6.07, 6.45) is 0.349. The fraction of sp³-hybridized carbons (Fsp3) is 0.333. The normalized spacial score (nSPS) is 19.2. The van der Waals surface area contributed by atoms with Gasteiger partial charge in [-0.3, -0.25) is 4.79 Å². The average Bonchev–Trinajstić information content (AvgIpc) is 2.71. The highest BCUT2D eigenvalue weighted by atomic mass is 31.0. The van der Waals surface area contributed by atoms with Crippen LogP contribution in [0.2, 0.25) is 0 Å². The second-order valence-electron chi connectivity index (χ2n) is 3.89. The Balaban J connectivity index is 2.10. The quantitative estimate of drug-likeness (QED) is 0.764. The third-order valence-corrected chi connectivity index (χ3v) is 3.07. The van der Waals surface area contributed by atoms with Crippen molar-refractivity contribution in [3.8, 4) is 0 Å². The fourth-order valence-corrected chi connectivity index (χ4v) is 2.10. The minimum absolute atomic E-state index is 0.182. The Morgan fingerprint density at radius 2 is 2.12 bits per heavy atom. The van der Waals surface area contributed by atoms with E-state index < -0.39 is 6.09 Å². The minimum Gasteiger partial charge on any atom is -0.447 e. The molecule has 1 aromatic rings. The summed E-state index contributed by atoms with van der Waals surface area (Å²) in [6.45, 7) is 0.282. The number of imide groups is 1. The zero-order valence-corrected chi connectivity index (χ0v) is 10.5. The predicted molar refractivity (Wildman–Crippen MR) is 66.7 cm³/mol. The minimum atomic E-state index is -0.529. The van der Waals surface area contributed by atoms with Gasteiger partial charge in [-0.1, -0.05) is 30.3 Å². The molecule has 2 rings (SSSR count). The molecule has 0 aliphatic carbocycles. The first kappa shape index (κ1) is 12.1. The Bertz CT molecular complexity index is 421. The highest BCUT2D eigenvalue weighted by Crippen LogP contribution is 2.17. The number of hydrogen-bond donors (Lipinski definition) is 0. The van der Waals surface area contributed by atoms with Crippen LogP contribution in [-0.2, 0) is 16.0 Å². The number of hydrogen-bond acceptors (Lipinski definition) is 3. The van der Waals surface area contributed by atoms with E-state index in [-0.39, 0.29) is 24.7 Å². The van der Waals surface area contributed by atoms with E-state index in [2.05, 4.69) is 9.24 Å². The van der Waals surface area contributed by atoms with Gasteiger partial charge in [0.25, 0.3) is 0 Å². The molecule has 0 bridgehead atoms. The maximum Gasteiger partial charge on any atom is 0.416 e. The zero-order valence-electron chi connectivity index (χ0n) is 9.33. The average molecular weight is 251 g/mol. The van der Waals surface area contributed by atoms with E-state index in [4.69, 9.17) is 4.74 Å². The van der Waals surface area contributed by atoms with Gasteiger partial charge in [-0.2, -0.15) is 0 Å². The van der Waals surface area contributed by atoms with Crippen molar-refractivity contribution in [1.82, 2.24) is 4.90 Å². The molecule has 2 atom stereocenters. The topological polar surface area (TPSA) is 46.6 Å². The molecule has 1 aliphatic rings. The van der Waals surface area contributed by atoms with Crippen molar-refractivity contribution in [3.63, 3.8) is 0 Å².